The number of hydrogen-bond acceptors (Lipinski definition) is 2. The Morgan fingerprint density at radius 3 is 2.75 bits per heavy atom. The lowest BCUT2D eigenvalue weighted by Gasteiger charge is -2.15. The summed E-state index contributed by atoms with van der Waals surface area (Å²) in [4.78, 5) is 12.1. The zero-order valence-corrected chi connectivity index (χ0v) is 12.4. The summed E-state index contributed by atoms with van der Waals surface area (Å²) in [6.07, 6.45) is 0. The average molecular weight is 337 g/mol. The minimum Gasteiger partial charge on any atom is -0.399 e. The zero-order valence-electron chi connectivity index (χ0n) is 10.9. The Balaban J connectivity index is 2.17. The van der Waals surface area contributed by atoms with Crippen LogP contribution in [0.15, 0.2) is 46.9 Å². The largest absolute Gasteiger partial charge is 0.399 e. The number of hydrogen-bond donors (Lipinski definition) is 2. The number of nitrogen functional groups attached to an aromatic ring is 1. The standard InChI is InChI=1S/C15H14BrFN2O/c1-9(10-3-2-4-12(18)7-10)19-15(20)13-8-11(16)5-6-14(13)17/h2-9H,18H2,1H3,(H,19,20). The van der Waals surface area contributed by atoms with E-state index in [0.29, 0.717) is 10.2 Å². The molecule has 0 aliphatic heterocycles. The van der Waals surface area contributed by atoms with E-state index in [9.17, 15) is 9.18 Å². The molecule has 0 bridgehead atoms. The first-order chi connectivity index (χ1) is 9.47. The lowest BCUT2D eigenvalue weighted by Crippen LogP contribution is -2.27. The quantitative estimate of drug-likeness (QED) is 0.840. The summed E-state index contributed by atoms with van der Waals surface area (Å²) in [5.41, 5.74) is 7.20. The number of carbonyl (C=O) groups is 1. The highest BCUT2D eigenvalue weighted by molar-refractivity contribution is 9.10. The normalized spacial score (nSPS) is 11.9. The van der Waals surface area contributed by atoms with E-state index in [0.717, 1.165) is 5.56 Å². The monoisotopic (exact) mass is 336 g/mol. The number of halogens is 2. The molecule has 0 radical (unpaired) electrons. The van der Waals surface area contributed by atoms with E-state index in [1.165, 1.54) is 12.1 Å². The molecule has 0 saturated carbocycles. The van der Waals surface area contributed by atoms with E-state index < -0.39 is 11.7 Å². The lowest BCUT2D eigenvalue weighted by atomic mass is 10.1. The van der Waals surface area contributed by atoms with Gasteiger partial charge in [-0.2, -0.15) is 0 Å². The number of benzene rings is 2. The third-order valence-electron chi connectivity index (χ3n) is 2.93. The number of nitrogens with two attached hydrogens (primary N) is 1. The van der Waals surface area contributed by atoms with Gasteiger partial charge in [0.05, 0.1) is 11.6 Å². The second kappa shape index (κ2) is 6.05. The first kappa shape index (κ1) is 14.5. The fourth-order valence-electron chi connectivity index (χ4n) is 1.86. The van der Waals surface area contributed by atoms with Crippen LogP contribution in [0.5, 0.6) is 0 Å². The molecule has 0 aromatic heterocycles. The van der Waals surface area contributed by atoms with Crippen molar-refractivity contribution in [3.05, 3.63) is 63.9 Å². The van der Waals surface area contributed by atoms with Gasteiger partial charge in [-0.15, -0.1) is 0 Å². The Kier molecular flexibility index (Phi) is 4.39. The molecule has 5 heteroatoms. The van der Waals surface area contributed by atoms with Crippen molar-refractivity contribution in [3.8, 4) is 0 Å². The molecular weight excluding hydrogens is 323 g/mol. The molecule has 0 spiro atoms. The van der Waals surface area contributed by atoms with Gasteiger partial charge in [0.25, 0.3) is 5.91 Å². The topological polar surface area (TPSA) is 55.1 Å². The number of nitrogens with one attached hydrogen (secondary N) is 1. The van der Waals surface area contributed by atoms with Crippen LogP contribution in [0.2, 0.25) is 0 Å². The third kappa shape index (κ3) is 3.36. The van der Waals surface area contributed by atoms with E-state index in [2.05, 4.69) is 21.2 Å². The highest BCUT2D eigenvalue weighted by Gasteiger charge is 2.15. The Morgan fingerprint density at radius 2 is 2.05 bits per heavy atom. The molecule has 0 fully saturated rings. The molecule has 20 heavy (non-hydrogen) atoms. The molecule has 2 aromatic rings. The summed E-state index contributed by atoms with van der Waals surface area (Å²) in [5, 5.41) is 2.75. The van der Waals surface area contributed by atoms with Crippen LogP contribution in [0, 0.1) is 5.82 Å². The number of amides is 1. The van der Waals surface area contributed by atoms with Crippen LogP contribution in [0.1, 0.15) is 28.9 Å². The maximum Gasteiger partial charge on any atom is 0.254 e. The Hall–Kier alpha value is -1.88. The number of anilines is 1. The van der Waals surface area contributed by atoms with Crippen molar-refractivity contribution in [1.82, 2.24) is 5.32 Å². The van der Waals surface area contributed by atoms with Crippen LogP contribution in [0.25, 0.3) is 0 Å². The fraction of sp³-hybridized carbons (Fsp3) is 0.133. The summed E-state index contributed by atoms with van der Waals surface area (Å²) in [7, 11) is 0. The molecule has 2 aromatic carbocycles. The van der Waals surface area contributed by atoms with Gasteiger partial charge in [0.15, 0.2) is 0 Å². The molecular formula is C15H14BrFN2O. The van der Waals surface area contributed by atoms with Crippen molar-refractivity contribution in [2.45, 2.75) is 13.0 Å². The first-order valence-electron chi connectivity index (χ1n) is 6.08. The lowest BCUT2D eigenvalue weighted by molar-refractivity contribution is 0.0935. The van der Waals surface area contributed by atoms with Gasteiger partial charge in [-0.25, -0.2) is 4.39 Å². The van der Waals surface area contributed by atoms with E-state index in [-0.39, 0.29) is 11.6 Å². The van der Waals surface area contributed by atoms with Crippen LogP contribution in [-0.2, 0) is 0 Å². The third-order valence-corrected chi connectivity index (χ3v) is 3.42. The molecule has 1 atom stereocenters. The molecule has 0 aliphatic carbocycles. The molecule has 104 valence electrons. The van der Waals surface area contributed by atoms with Crippen molar-refractivity contribution in [1.29, 1.82) is 0 Å². The van der Waals surface area contributed by atoms with Gasteiger partial charge in [0.2, 0.25) is 0 Å². The van der Waals surface area contributed by atoms with E-state index >= 15 is 0 Å². The number of rotatable bonds is 3. The van der Waals surface area contributed by atoms with E-state index in [4.69, 9.17) is 5.73 Å². The van der Waals surface area contributed by atoms with Crippen molar-refractivity contribution in [2.24, 2.45) is 0 Å². The zero-order chi connectivity index (χ0) is 14.7. The summed E-state index contributed by atoms with van der Waals surface area (Å²) in [6, 6.07) is 11.2. The summed E-state index contributed by atoms with van der Waals surface area (Å²) in [5.74, 6) is -1.01. The summed E-state index contributed by atoms with van der Waals surface area (Å²) in [6.45, 7) is 1.82. The predicted octanol–water partition coefficient (Wildman–Crippen LogP) is 3.66. The molecule has 1 amide bonds. The van der Waals surface area contributed by atoms with Crippen LogP contribution in [0.4, 0.5) is 10.1 Å². The smallest absolute Gasteiger partial charge is 0.254 e. The molecule has 3 nitrogen and oxygen atoms in total. The minimum absolute atomic E-state index is 0.00938. The Labute approximate surface area is 125 Å². The highest BCUT2D eigenvalue weighted by atomic mass is 79.9. The van der Waals surface area contributed by atoms with Crippen molar-refractivity contribution in [2.75, 3.05) is 5.73 Å². The summed E-state index contributed by atoms with van der Waals surface area (Å²) < 4.78 is 14.3. The van der Waals surface area contributed by atoms with Crippen molar-refractivity contribution in [3.63, 3.8) is 0 Å². The Bertz CT molecular complexity index is 646. The molecule has 0 aliphatic rings. The first-order valence-corrected chi connectivity index (χ1v) is 6.88. The van der Waals surface area contributed by atoms with Crippen molar-refractivity contribution < 1.29 is 9.18 Å². The summed E-state index contributed by atoms with van der Waals surface area (Å²) >= 11 is 3.22. The maximum atomic E-state index is 13.6. The van der Waals surface area contributed by atoms with Crippen LogP contribution in [-0.4, -0.2) is 5.91 Å². The SMILES string of the molecule is CC(NC(=O)c1cc(Br)ccc1F)c1cccc(N)c1. The van der Waals surface area contributed by atoms with Gasteiger partial charge >= 0.3 is 0 Å². The van der Waals surface area contributed by atoms with Gasteiger partial charge in [-0.3, -0.25) is 4.79 Å². The highest BCUT2D eigenvalue weighted by Crippen LogP contribution is 2.19. The maximum absolute atomic E-state index is 13.6. The minimum atomic E-state index is -0.550. The molecule has 1 unspecified atom stereocenters. The molecule has 3 N–H and O–H groups in total. The van der Waals surface area contributed by atoms with E-state index in [1.807, 2.05) is 19.1 Å². The van der Waals surface area contributed by atoms with Gasteiger partial charge in [-0.05, 0) is 42.8 Å². The molecule has 0 saturated heterocycles. The van der Waals surface area contributed by atoms with Crippen LogP contribution in [0.3, 0.4) is 0 Å². The van der Waals surface area contributed by atoms with Gasteiger partial charge in [0.1, 0.15) is 5.82 Å². The second-order valence-corrected chi connectivity index (χ2v) is 5.41. The van der Waals surface area contributed by atoms with E-state index in [1.54, 1.807) is 18.2 Å². The predicted molar refractivity (Wildman–Crippen MR) is 80.8 cm³/mol. The van der Waals surface area contributed by atoms with Crippen LogP contribution >= 0.6 is 15.9 Å². The average Bonchev–Trinajstić information content (AvgIpc) is 2.41. The second-order valence-electron chi connectivity index (χ2n) is 4.49. The van der Waals surface area contributed by atoms with Crippen LogP contribution < -0.4 is 11.1 Å². The van der Waals surface area contributed by atoms with Gasteiger partial charge < -0.3 is 11.1 Å². The fourth-order valence-corrected chi connectivity index (χ4v) is 2.22. The van der Waals surface area contributed by atoms with Crippen molar-refractivity contribution >= 4 is 27.5 Å². The van der Waals surface area contributed by atoms with Gasteiger partial charge in [0, 0.05) is 10.2 Å². The van der Waals surface area contributed by atoms with Gasteiger partial charge in [-0.1, -0.05) is 28.1 Å². The molecule has 0 heterocycles. The number of carbonyl (C=O) groups excluding carboxylic acids is 1. The molecule has 2 rings (SSSR count). The Morgan fingerprint density at radius 1 is 1.30 bits per heavy atom.